The molecule has 7 heteroatoms. The predicted molar refractivity (Wildman–Crippen MR) is 120 cm³/mol. The fraction of sp³-hybridized carbons (Fsp3) is 0.583. The molecular formula is C24H32FN5O. The molecule has 0 radical (unpaired) electrons. The lowest BCUT2D eigenvalue weighted by atomic mass is 9.78. The first-order valence-electron chi connectivity index (χ1n) is 11.3. The molecule has 1 aliphatic carbocycles. The molecule has 1 saturated carbocycles. The fourth-order valence-corrected chi connectivity index (χ4v) is 5.95. The van der Waals surface area contributed by atoms with E-state index in [2.05, 4.69) is 31.7 Å². The van der Waals surface area contributed by atoms with Crippen LogP contribution in [-0.4, -0.2) is 79.2 Å². The summed E-state index contributed by atoms with van der Waals surface area (Å²) in [6.07, 6.45) is 5.34. The minimum Gasteiger partial charge on any atom is -0.481 e. The van der Waals surface area contributed by atoms with Crippen molar-refractivity contribution >= 4 is 5.82 Å². The molecule has 0 N–H and O–H groups in total. The van der Waals surface area contributed by atoms with Crippen LogP contribution >= 0.6 is 0 Å². The summed E-state index contributed by atoms with van der Waals surface area (Å²) < 4.78 is 19.7. The smallest absolute Gasteiger partial charge is 0.221 e. The van der Waals surface area contributed by atoms with Gasteiger partial charge in [-0.3, -0.25) is 4.90 Å². The van der Waals surface area contributed by atoms with E-state index in [0.29, 0.717) is 17.3 Å². The van der Waals surface area contributed by atoms with E-state index in [1.54, 1.807) is 13.2 Å². The molecular weight excluding hydrogens is 393 g/mol. The number of anilines is 1. The molecule has 5 rings (SSSR count). The molecule has 0 aromatic carbocycles. The van der Waals surface area contributed by atoms with Gasteiger partial charge in [-0.2, -0.15) is 0 Å². The molecule has 2 saturated heterocycles. The van der Waals surface area contributed by atoms with Gasteiger partial charge in [-0.25, -0.2) is 14.4 Å². The number of pyridine rings is 2. The van der Waals surface area contributed by atoms with E-state index in [4.69, 9.17) is 4.74 Å². The van der Waals surface area contributed by atoms with Crippen molar-refractivity contribution in [1.29, 1.82) is 0 Å². The first-order valence-corrected chi connectivity index (χ1v) is 11.3. The quantitative estimate of drug-likeness (QED) is 0.750. The number of aryl methyl sites for hydroxylation is 1. The first kappa shape index (κ1) is 20.6. The van der Waals surface area contributed by atoms with Crippen LogP contribution < -0.4 is 9.64 Å². The van der Waals surface area contributed by atoms with Crippen molar-refractivity contribution in [1.82, 2.24) is 19.8 Å². The summed E-state index contributed by atoms with van der Waals surface area (Å²) in [5, 5.41) is 0. The number of ether oxygens (including phenoxy) is 1. The van der Waals surface area contributed by atoms with Crippen LogP contribution in [0.2, 0.25) is 0 Å². The molecule has 6 nitrogen and oxygen atoms in total. The van der Waals surface area contributed by atoms with Gasteiger partial charge in [0.05, 0.1) is 13.3 Å². The second-order valence-corrected chi connectivity index (χ2v) is 9.63. The number of nitrogens with zero attached hydrogens (tertiary/aromatic N) is 5. The Morgan fingerprint density at radius 1 is 1.13 bits per heavy atom. The normalized spacial score (nSPS) is 23.9. The molecule has 1 atom stereocenters. The monoisotopic (exact) mass is 425 g/mol. The third-order valence-corrected chi connectivity index (χ3v) is 7.33. The lowest BCUT2D eigenvalue weighted by Gasteiger charge is -2.47. The SMILES string of the molecule is COc1nc(C)ccc1-c1cc(F)cnc1N1CCN(C2CCC3(C2)CN(C)C3)CC1. The molecule has 2 aliphatic heterocycles. The van der Waals surface area contributed by atoms with Crippen molar-refractivity contribution in [3.8, 4) is 17.0 Å². The second-order valence-electron chi connectivity index (χ2n) is 9.63. The standard InChI is InChI=1S/C24H32FN5O/c1-17-4-5-20(23(27-17)31-3)21-12-18(25)14-26-22(21)30-10-8-29(9-11-30)19-6-7-24(13-19)15-28(2)16-24/h4-5,12,14,19H,6-11,13,15-16H2,1-3H3. The largest absolute Gasteiger partial charge is 0.481 e. The Balaban J connectivity index is 1.32. The summed E-state index contributed by atoms with van der Waals surface area (Å²) in [5.74, 6) is 0.976. The highest BCUT2D eigenvalue weighted by molar-refractivity contribution is 5.79. The molecule has 0 amide bonds. The average molecular weight is 426 g/mol. The van der Waals surface area contributed by atoms with Gasteiger partial charge in [0.1, 0.15) is 11.6 Å². The second kappa shape index (κ2) is 8.02. The lowest BCUT2D eigenvalue weighted by Crippen LogP contribution is -2.54. The zero-order valence-electron chi connectivity index (χ0n) is 18.8. The highest BCUT2D eigenvalue weighted by Crippen LogP contribution is 2.46. The fourth-order valence-electron chi connectivity index (χ4n) is 5.95. The summed E-state index contributed by atoms with van der Waals surface area (Å²) in [5.41, 5.74) is 2.98. The van der Waals surface area contributed by atoms with Crippen molar-refractivity contribution in [2.45, 2.75) is 32.2 Å². The van der Waals surface area contributed by atoms with Crippen LogP contribution in [0, 0.1) is 18.2 Å². The topological polar surface area (TPSA) is 44.7 Å². The van der Waals surface area contributed by atoms with Crippen LogP contribution in [0.15, 0.2) is 24.4 Å². The van der Waals surface area contributed by atoms with Gasteiger partial charge in [-0.1, -0.05) is 0 Å². The number of halogens is 1. The van der Waals surface area contributed by atoms with E-state index in [1.165, 1.54) is 38.5 Å². The average Bonchev–Trinajstić information content (AvgIpc) is 3.19. The Kier molecular flexibility index (Phi) is 5.34. The van der Waals surface area contributed by atoms with E-state index in [9.17, 15) is 4.39 Å². The van der Waals surface area contributed by atoms with E-state index in [0.717, 1.165) is 48.8 Å². The Bertz CT molecular complexity index is 953. The van der Waals surface area contributed by atoms with E-state index in [1.807, 2.05) is 19.1 Å². The molecule has 1 spiro atoms. The minimum absolute atomic E-state index is 0.346. The van der Waals surface area contributed by atoms with Crippen LogP contribution in [0.5, 0.6) is 5.88 Å². The van der Waals surface area contributed by atoms with Gasteiger partial charge in [0.2, 0.25) is 5.88 Å². The van der Waals surface area contributed by atoms with Gasteiger partial charge in [-0.05, 0) is 56.8 Å². The van der Waals surface area contributed by atoms with Crippen molar-refractivity contribution in [3.05, 3.63) is 35.9 Å². The number of methoxy groups -OCH3 is 1. The van der Waals surface area contributed by atoms with Crippen molar-refractivity contribution in [2.75, 3.05) is 58.3 Å². The van der Waals surface area contributed by atoms with E-state index in [-0.39, 0.29) is 5.82 Å². The Morgan fingerprint density at radius 2 is 1.90 bits per heavy atom. The number of likely N-dealkylation sites (tertiary alicyclic amines) is 1. The third-order valence-electron chi connectivity index (χ3n) is 7.33. The predicted octanol–water partition coefficient (Wildman–Crippen LogP) is 3.21. The molecule has 0 bridgehead atoms. The maximum Gasteiger partial charge on any atom is 0.221 e. The van der Waals surface area contributed by atoms with Crippen LogP contribution in [0.25, 0.3) is 11.1 Å². The summed E-state index contributed by atoms with van der Waals surface area (Å²) in [7, 11) is 3.83. The van der Waals surface area contributed by atoms with Gasteiger partial charge < -0.3 is 14.5 Å². The summed E-state index contributed by atoms with van der Waals surface area (Å²) in [6, 6.07) is 6.14. The number of hydrogen-bond acceptors (Lipinski definition) is 6. The maximum atomic E-state index is 14.2. The Hall–Kier alpha value is -2.25. The first-order chi connectivity index (χ1) is 15.0. The van der Waals surface area contributed by atoms with Gasteiger partial charge in [0.15, 0.2) is 0 Å². The van der Waals surface area contributed by atoms with Crippen LogP contribution in [0.3, 0.4) is 0 Å². The molecule has 1 unspecified atom stereocenters. The summed E-state index contributed by atoms with van der Waals surface area (Å²) >= 11 is 0. The van der Waals surface area contributed by atoms with Crippen molar-refractivity contribution in [3.63, 3.8) is 0 Å². The van der Waals surface area contributed by atoms with Crippen LogP contribution in [-0.2, 0) is 0 Å². The van der Waals surface area contributed by atoms with Crippen molar-refractivity contribution < 1.29 is 9.13 Å². The van der Waals surface area contributed by atoms with Crippen LogP contribution in [0.1, 0.15) is 25.0 Å². The van der Waals surface area contributed by atoms with Crippen LogP contribution in [0.4, 0.5) is 10.2 Å². The zero-order chi connectivity index (χ0) is 21.6. The number of aromatic nitrogens is 2. The molecule has 31 heavy (non-hydrogen) atoms. The molecule has 2 aromatic rings. The summed E-state index contributed by atoms with van der Waals surface area (Å²) in [6.45, 7) is 8.30. The highest BCUT2D eigenvalue weighted by atomic mass is 19.1. The van der Waals surface area contributed by atoms with Gasteiger partial charge in [-0.15, -0.1) is 0 Å². The maximum absolute atomic E-state index is 14.2. The summed E-state index contributed by atoms with van der Waals surface area (Å²) in [4.78, 5) is 16.4. The Morgan fingerprint density at radius 3 is 2.61 bits per heavy atom. The van der Waals surface area contributed by atoms with Gasteiger partial charge >= 0.3 is 0 Å². The molecule has 3 fully saturated rings. The van der Waals surface area contributed by atoms with Gasteiger partial charge in [0.25, 0.3) is 0 Å². The van der Waals surface area contributed by atoms with E-state index < -0.39 is 0 Å². The number of piperazine rings is 1. The molecule has 3 aliphatic rings. The zero-order valence-corrected chi connectivity index (χ0v) is 18.8. The minimum atomic E-state index is -0.346. The van der Waals surface area contributed by atoms with Gasteiger partial charge in [0, 0.05) is 62.1 Å². The molecule has 4 heterocycles. The molecule has 2 aromatic heterocycles. The Labute approximate surface area is 184 Å². The van der Waals surface area contributed by atoms with Crippen molar-refractivity contribution in [2.24, 2.45) is 5.41 Å². The number of hydrogen-bond donors (Lipinski definition) is 0. The number of rotatable bonds is 4. The lowest BCUT2D eigenvalue weighted by molar-refractivity contribution is 0.0204. The third kappa shape index (κ3) is 3.89. The van der Waals surface area contributed by atoms with E-state index >= 15 is 0 Å². The highest BCUT2D eigenvalue weighted by Gasteiger charge is 2.48. The molecule has 166 valence electrons.